The zero-order chi connectivity index (χ0) is 18.4. The van der Waals surface area contributed by atoms with E-state index in [0.29, 0.717) is 6.04 Å². The molecule has 1 aliphatic carbocycles. The van der Waals surface area contributed by atoms with Gasteiger partial charge in [-0.1, -0.05) is 24.3 Å². The maximum Gasteiger partial charge on any atom is 0.326 e. The second-order valence-electron chi connectivity index (χ2n) is 7.80. The van der Waals surface area contributed by atoms with E-state index in [-0.39, 0.29) is 17.5 Å². The monoisotopic (exact) mass is 365 g/mol. The smallest absolute Gasteiger partial charge is 0.306 e. The van der Waals surface area contributed by atoms with Crippen molar-refractivity contribution in [1.29, 1.82) is 0 Å². The number of H-pyrrole nitrogens is 1. The summed E-state index contributed by atoms with van der Waals surface area (Å²) < 4.78 is 16.1. The minimum atomic E-state index is -0.0579. The molecule has 1 saturated heterocycles. The Kier molecular flexibility index (Phi) is 4.12. The molecule has 1 aliphatic heterocycles. The molecule has 0 unspecified atom stereocenters. The van der Waals surface area contributed by atoms with Crippen molar-refractivity contribution >= 4 is 11.0 Å². The Balaban J connectivity index is 1.38. The number of aromatic amines is 1. The first-order valence-electron chi connectivity index (χ1n) is 9.93. The highest BCUT2D eigenvalue weighted by molar-refractivity contribution is 5.75. The van der Waals surface area contributed by atoms with Gasteiger partial charge in [-0.2, -0.15) is 0 Å². The van der Waals surface area contributed by atoms with Crippen molar-refractivity contribution in [2.75, 3.05) is 13.1 Å². The molecule has 0 radical (unpaired) electrons. The highest BCUT2D eigenvalue weighted by Crippen LogP contribution is 2.38. The number of para-hydroxylation sites is 2. The number of halogens is 1. The molecule has 0 spiro atoms. The summed E-state index contributed by atoms with van der Waals surface area (Å²) in [6.07, 6.45) is 4.88. The molecule has 2 heterocycles. The highest BCUT2D eigenvalue weighted by atomic mass is 19.1. The maximum absolute atomic E-state index is 14.2. The molecule has 2 aromatic carbocycles. The Morgan fingerprint density at radius 1 is 1.00 bits per heavy atom. The maximum atomic E-state index is 14.2. The zero-order valence-corrected chi connectivity index (χ0v) is 15.3. The van der Waals surface area contributed by atoms with Crippen molar-refractivity contribution in [1.82, 2.24) is 14.5 Å². The Hall–Kier alpha value is -2.40. The fraction of sp³-hybridized carbons (Fsp3) is 0.409. The Labute approximate surface area is 157 Å². The number of piperidine rings is 1. The van der Waals surface area contributed by atoms with Crippen LogP contribution in [0, 0.1) is 5.82 Å². The quantitative estimate of drug-likeness (QED) is 0.740. The molecule has 140 valence electrons. The molecular formula is C22H24FN3O. The average Bonchev–Trinajstić information content (AvgIpc) is 3.04. The molecule has 4 nitrogen and oxygen atoms in total. The fourth-order valence-electron chi connectivity index (χ4n) is 5.05. The minimum Gasteiger partial charge on any atom is -0.306 e. The number of imidazole rings is 1. The summed E-state index contributed by atoms with van der Waals surface area (Å²) in [4.78, 5) is 17.9. The summed E-state index contributed by atoms with van der Waals surface area (Å²) >= 11 is 0. The number of aromatic nitrogens is 2. The lowest BCUT2D eigenvalue weighted by Crippen LogP contribution is -2.40. The average molecular weight is 365 g/mol. The molecule has 1 atom stereocenters. The molecule has 0 bridgehead atoms. The van der Waals surface area contributed by atoms with E-state index in [4.69, 9.17) is 0 Å². The van der Waals surface area contributed by atoms with Crippen molar-refractivity contribution in [2.45, 2.75) is 44.2 Å². The number of nitrogens with one attached hydrogen (secondary N) is 1. The van der Waals surface area contributed by atoms with Crippen LogP contribution in [0.3, 0.4) is 0 Å². The third-order valence-electron chi connectivity index (χ3n) is 6.35. The van der Waals surface area contributed by atoms with Gasteiger partial charge in [0.05, 0.1) is 11.0 Å². The first-order chi connectivity index (χ1) is 13.2. The van der Waals surface area contributed by atoms with E-state index in [0.717, 1.165) is 61.8 Å². The summed E-state index contributed by atoms with van der Waals surface area (Å²) in [5, 5.41) is 0. The van der Waals surface area contributed by atoms with Crippen LogP contribution >= 0.6 is 0 Å². The van der Waals surface area contributed by atoms with Crippen LogP contribution in [-0.4, -0.2) is 27.5 Å². The third-order valence-corrected chi connectivity index (χ3v) is 6.35. The van der Waals surface area contributed by atoms with Crippen LogP contribution in [0.4, 0.5) is 4.39 Å². The summed E-state index contributed by atoms with van der Waals surface area (Å²) in [6, 6.07) is 13.9. The molecule has 0 saturated carbocycles. The normalized spacial score (nSPS) is 21.4. The largest absolute Gasteiger partial charge is 0.326 e. The second kappa shape index (κ2) is 6.64. The summed E-state index contributed by atoms with van der Waals surface area (Å²) in [7, 11) is 0. The number of rotatable bonds is 2. The van der Waals surface area contributed by atoms with Gasteiger partial charge in [0.15, 0.2) is 0 Å². The van der Waals surface area contributed by atoms with Gasteiger partial charge in [0, 0.05) is 25.2 Å². The Morgan fingerprint density at radius 3 is 2.67 bits per heavy atom. The predicted molar refractivity (Wildman–Crippen MR) is 104 cm³/mol. The van der Waals surface area contributed by atoms with Crippen LogP contribution in [0.1, 0.15) is 48.9 Å². The lowest BCUT2D eigenvalue weighted by molar-refractivity contribution is 0.122. The number of likely N-dealkylation sites (tertiary alicyclic amines) is 1. The summed E-state index contributed by atoms with van der Waals surface area (Å²) in [5.74, 6) is -0.0579. The second-order valence-corrected chi connectivity index (χ2v) is 7.80. The molecule has 1 aromatic heterocycles. The standard InChI is InChI=1S/C22H24FN3O/c23-18-7-3-6-17-16(18)5-4-10-20(17)25-13-11-15(12-14-25)26-21-9-2-1-8-19(21)24-22(26)27/h1-3,6-9,15,20H,4-5,10-14H2,(H,24,27)/t20-/m1/s1. The van der Waals surface area contributed by atoms with Gasteiger partial charge in [0.25, 0.3) is 0 Å². The van der Waals surface area contributed by atoms with Crippen LogP contribution in [0.5, 0.6) is 0 Å². The van der Waals surface area contributed by atoms with Gasteiger partial charge in [-0.25, -0.2) is 9.18 Å². The van der Waals surface area contributed by atoms with E-state index in [9.17, 15) is 9.18 Å². The molecule has 2 aliphatic rings. The van der Waals surface area contributed by atoms with Gasteiger partial charge in [-0.3, -0.25) is 9.47 Å². The van der Waals surface area contributed by atoms with Crippen LogP contribution in [0.25, 0.3) is 11.0 Å². The third kappa shape index (κ3) is 2.81. The number of benzene rings is 2. The van der Waals surface area contributed by atoms with Crippen molar-refractivity contribution in [3.05, 3.63) is 69.9 Å². The zero-order valence-electron chi connectivity index (χ0n) is 15.3. The van der Waals surface area contributed by atoms with E-state index >= 15 is 0 Å². The van der Waals surface area contributed by atoms with E-state index in [1.807, 2.05) is 34.9 Å². The number of hydrogen-bond acceptors (Lipinski definition) is 2. The topological polar surface area (TPSA) is 41.0 Å². The van der Waals surface area contributed by atoms with Gasteiger partial charge in [-0.05, 0) is 61.4 Å². The molecule has 5 heteroatoms. The number of hydrogen-bond donors (Lipinski definition) is 1. The first-order valence-corrected chi connectivity index (χ1v) is 9.93. The SMILES string of the molecule is O=c1[nH]c2ccccc2n1C1CCN([C@@H]2CCCc3c(F)cccc32)CC1. The predicted octanol–water partition coefficient (Wildman–Crippen LogP) is 4.18. The van der Waals surface area contributed by atoms with E-state index < -0.39 is 0 Å². The molecule has 27 heavy (non-hydrogen) atoms. The van der Waals surface area contributed by atoms with E-state index in [1.54, 1.807) is 6.07 Å². The Bertz CT molecular complexity index is 1030. The molecule has 0 amide bonds. The molecule has 1 fully saturated rings. The van der Waals surface area contributed by atoms with Crippen molar-refractivity contribution in [3.63, 3.8) is 0 Å². The highest BCUT2D eigenvalue weighted by Gasteiger charge is 2.31. The number of fused-ring (bicyclic) bond motifs is 2. The minimum absolute atomic E-state index is 0.0141. The molecule has 1 N–H and O–H groups in total. The van der Waals surface area contributed by atoms with Gasteiger partial charge < -0.3 is 4.98 Å². The molecule has 3 aromatic rings. The molecular weight excluding hydrogens is 341 g/mol. The van der Waals surface area contributed by atoms with E-state index in [2.05, 4.69) is 16.0 Å². The lowest BCUT2D eigenvalue weighted by Gasteiger charge is -2.40. The van der Waals surface area contributed by atoms with Crippen LogP contribution in [0.2, 0.25) is 0 Å². The van der Waals surface area contributed by atoms with Gasteiger partial charge in [-0.15, -0.1) is 0 Å². The summed E-state index contributed by atoms with van der Waals surface area (Å²) in [5.41, 5.74) is 3.96. The van der Waals surface area contributed by atoms with Crippen molar-refractivity contribution in [2.24, 2.45) is 0 Å². The Morgan fingerprint density at radius 2 is 1.81 bits per heavy atom. The van der Waals surface area contributed by atoms with Crippen molar-refractivity contribution in [3.8, 4) is 0 Å². The van der Waals surface area contributed by atoms with Gasteiger partial charge in [0.1, 0.15) is 5.82 Å². The van der Waals surface area contributed by atoms with Crippen LogP contribution < -0.4 is 5.69 Å². The van der Waals surface area contributed by atoms with Crippen LogP contribution in [0.15, 0.2) is 47.3 Å². The first kappa shape index (κ1) is 16.8. The lowest BCUT2D eigenvalue weighted by atomic mass is 9.85. The molecule has 5 rings (SSSR count). The summed E-state index contributed by atoms with van der Waals surface area (Å²) in [6.45, 7) is 1.88. The van der Waals surface area contributed by atoms with Gasteiger partial charge in [0.2, 0.25) is 0 Å². The fourth-order valence-corrected chi connectivity index (χ4v) is 5.05. The van der Waals surface area contributed by atoms with Crippen LogP contribution in [-0.2, 0) is 6.42 Å². The van der Waals surface area contributed by atoms with Crippen molar-refractivity contribution < 1.29 is 4.39 Å². The van der Waals surface area contributed by atoms with Gasteiger partial charge >= 0.3 is 5.69 Å². The van der Waals surface area contributed by atoms with E-state index in [1.165, 1.54) is 5.56 Å². The number of nitrogens with zero attached hydrogens (tertiary/aromatic N) is 2.